The van der Waals surface area contributed by atoms with Gasteiger partial charge in [-0.3, -0.25) is 4.90 Å². The minimum Gasteiger partial charge on any atom is -0.444 e. The van der Waals surface area contributed by atoms with Crippen LogP contribution in [-0.2, 0) is 4.74 Å². The molecule has 0 aliphatic carbocycles. The van der Waals surface area contributed by atoms with E-state index in [1.165, 1.54) is 0 Å². The topological polar surface area (TPSA) is 67.6 Å². The number of thioether (sulfide) groups is 1. The predicted octanol–water partition coefficient (Wildman–Crippen LogP) is 1.91. The van der Waals surface area contributed by atoms with Gasteiger partial charge in [0.15, 0.2) is 0 Å². The Kier molecular flexibility index (Phi) is 9.25. The molecule has 0 aliphatic heterocycles. The molecule has 1 amide bonds. The Morgan fingerprint density at radius 1 is 1.40 bits per heavy atom. The lowest BCUT2D eigenvalue weighted by atomic mass is 10.1. The first-order valence-electron chi connectivity index (χ1n) is 7.12. The normalized spacial score (nSPS) is 15.0. The molecule has 0 saturated heterocycles. The van der Waals surface area contributed by atoms with Gasteiger partial charge < -0.3 is 15.8 Å². The number of nitrogens with two attached hydrogens (primary N) is 1. The van der Waals surface area contributed by atoms with Gasteiger partial charge in [-0.15, -0.1) is 0 Å². The first-order chi connectivity index (χ1) is 9.25. The fraction of sp³-hybridized carbons (Fsp3) is 0.929. The van der Waals surface area contributed by atoms with Crippen LogP contribution in [0.3, 0.4) is 0 Å². The van der Waals surface area contributed by atoms with Gasteiger partial charge in [-0.25, -0.2) is 4.79 Å². The summed E-state index contributed by atoms with van der Waals surface area (Å²) in [7, 11) is 2.07. The highest BCUT2D eigenvalue weighted by Crippen LogP contribution is 2.11. The minimum atomic E-state index is -0.473. The highest BCUT2D eigenvalue weighted by molar-refractivity contribution is 7.98. The molecule has 0 radical (unpaired) electrons. The first-order valence-corrected chi connectivity index (χ1v) is 8.52. The zero-order valence-corrected chi connectivity index (χ0v) is 14.5. The summed E-state index contributed by atoms with van der Waals surface area (Å²) in [4.78, 5) is 13.9. The summed E-state index contributed by atoms with van der Waals surface area (Å²) in [5, 5.41) is 2.80. The van der Waals surface area contributed by atoms with Gasteiger partial charge in [0, 0.05) is 30.9 Å². The van der Waals surface area contributed by atoms with Gasteiger partial charge in [0.05, 0.1) is 0 Å². The van der Waals surface area contributed by atoms with Crippen LogP contribution in [0.25, 0.3) is 0 Å². The van der Waals surface area contributed by atoms with E-state index >= 15 is 0 Å². The number of hydrogen-bond donors (Lipinski definition) is 2. The van der Waals surface area contributed by atoms with Crippen LogP contribution in [0, 0.1) is 0 Å². The monoisotopic (exact) mass is 305 g/mol. The van der Waals surface area contributed by atoms with E-state index < -0.39 is 5.60 Å². The van der Waals surface area contributed by atoms with E-state index in [1.54, 1.807) is 0 Å². The van der Waals surface area contributed by atoms with E-state index in [4.69, 9.17) is 10.5 Å². The second-order valence-electron chi connectivity index (χ2n) is 5.96. The van der Waals surface area contributed by atoms with Crippen molar-refractivity contribution < 1.29 is 9.53 Å². The predicted molar refractivity (Wildman–Crippen MR) is 87.3 cm³/mol. The Morgan fingerprint density at radius 3 is 2.40 bits per heavy atom. The molecule has 2 atom stereocenters. The molecule has 0 aromatic rings. The van der Waals surface area contributed by atoms with Crippen LogP contribution in [0.1, 0.15) is 34.1 Å². The lowest BCUT2D eigenvalue weighted by molar-refractivity contribution is 0.0506. The number of amides is 1. The number of nitrogens with one attached hydrogen (secondary N) is 1. The maximum atomic E-state index is 11.7. The smallest absolute Gasteiger partial charge is 0.407 e. The zero-order chi connectivity index (χ0) is 15.8. The molecule has 0 bridgehead atoms. The number of likely N-dealkylation sites (N-methyl/N-ethyl adjacent to an activating group) is 1. The van der Waals surface area contributed by atoms with E-state index in [9.17, 15) is 4.79 Å². The Labute approximate surface area is 128 Å². The third-order valence-corrected chi connectivity index (χ3v) is 3.85. The summed E-state index contributed by atoms with van der Waals surface area (Å²) in [6.45, 7) is 8.75. The number of hydrogen-bond acceptors (Lipinski definition) is 5. The average molecular weight is 305 g/mol. The lowest BCUT2D eigenvalue weighted by Gasteiger charge is -2.34. The number of carbonyl (C=O) groups is 1. The number of alkyl carbamates (subject to hydrolysis) is 1. The van der Waals surface area contributed by atoms with Gasteiger partial charge in [-0.1, -0.05) is 6.92 Å². The molecule has 0 heterocycles. The molecule has 0 fully saturated rings. The largest absolute Gasteiger partial charge is 0.444 e. The molecule has 0 spiro atoms. The molecular weight excluding hydrogens is 274 g/mol. The molecule has 0 aromatic carbocycles. The Balaban J connectivity index is 4.36. The highest BCUT2D eigenvalue weighted by atomic mass is 32.2. The van der Waals surface area contributed by atoms with Crippen molar-refractivity contribution in [2.45, 2.75) is 51.8 Å². The van der Waals surface area contributed by atoms with Gasteiger partial charge >= 0.3 is 6.09 Å². The molecule has 5 nitrogen and oxygen atoms in total. The molecule has 2 unspecified atom stereocenters. The number of rotatable bonds is 8. The molecule has 3 N–H and O–H groups in total. The van der Waals surface area contributed by atoms with Crippen molar-refractivity contribution in [2.24, 2.45) is 5.73 Å². The van der Waals surface area contributed by atoms with E-state index in [2.05, 4.69) is 30.4 Å². The standard InChI is InChI=1S/C14H31N3O2S/c1-7-11(10-20-6)17(5)12(8-15)9-16-13(18)19-14(2,3)4/h11-12H,7-10,15H2,1-6H3,(H,16,18). The van der Waals surface area contributed by atoms with Crippen molar-refractivity contribution in [3.8, 4) is 0 Å². The summed E-state index contributed by atoms with van der Waals surface area (Å²) in [5.74, 6) is 1.07. The maximum Gasteiger partial charge on any atom is 0.407 e. The van der Waals surface area contributed by atoms with Gasteiger partial charge in [0.1, 0.15) is 5.60 Å². The van der Waals surface area contributed by atoms with Crippen LogP contribution < -0.4 is 11.1 Å². The first kappa shape index (κ1) is 19.5. The van der Waals surface area contributed by atoms with Crippen LogP contribution in [0.2, 0.25) is 0 Å². The fourth-order valence-electron chi connectivity index (χ4n) is 1.92. The molecule has 0 aromatic heterocycles. The van der Waals surface area contributed by atoms with Crippen molar-refractivity contribution in [3.05, 3.63) is 0 Å². The van der Waals surface area contributed by atoms with E-state index in [1.807, 2.05) is 32.5 Å². The molecule has 20 heavy (non-hydrogen) atoms. The summed E-state index contributed by atoms with van der Waals surface area (Å²) in [6.07, 6.45) is 2.79. The number of carbonyl (C=O) groups excluding carboxylic acids is 1. The van der Waals surface area contributed by atoms with Crippen LogP contribution in [-0.4, -0.2) is 60.8 Å². The summed E-state index contributed by atoms with van der Waals surface area (Å²) in [6, 6.07) is 0.596. The van der Waals surface area contributed by atoms with E-state index in [0.717, 1.165) is 12.2 Å². The Morgan fingerprint density at radius 2 is 2.00 bits per heavy atom. The van der Waals surface area contributed by atoms with Gasteiger partial charge in [0.2, 0.25) is 0 Å². The quantitative estimate of drug-likeness (QED) is 0.717. The maximum absolute atomic E-state index is 11.7. The molecular formula is C14H31N3O2S. The van der Waals surface area contributed by atoms with Gasteiger partial charge in [0.25, 0.3) is 0 Å². The van der Waals surface area contributed by atoms with Crippen LogP contribution in [0.15, 0.2) is 0 Å². The van der Waals surface area contributed by atoms with Crippen LogP contribution in [0.4, 0.5) is 4.79 Å². The lowest BCUT2D eigenvalue weighted by Crippen LogP contribution is -2.51. The molecule has 0 saturated carbocycles. The molecule has 6 heteroatoms. The van der Waals surface area contributed by atoms with E-state index in [-0.39, 0.29) is 12.1 Å². The van der Waals surface area contributed by atoms with Crippen LogP contribution >= 0.6 is 11.8 Å². The molecule has 0 aliphatic rings. The summed E-state index contributed by atoms with van der Waals surface area (Å²) < 4.78 is 5.23. The fourth-order valence-corrected chi connectivity index (χ4v) is 2.78. The van der Waals surface area contributed by atoms with E-state index in [0.29, 0.717) is 19.1 Å². The third-order valence-electron chi connectivity index (χ3n) is 3.14. The summed E-state index contributed by atoms with van der Waals surface area (Å²) >= 11 is 1.83. The third kappa shape index (κ3) is 7.97. The Hall–Kier alpha value is -0.460. The number of ether oxygens (including phenoxy) is 1. The van der Waals surface area contributed by atoms with Crippen molar-refractivity contribution in [1.29, 1.82) is 0 Å². The zero-order valence-electron chi connectivity index (χ0n) is 13.7. The van der Waals surface area contributed by atoms with Crippen LogP contribution in [0.5, 0.6) is 0 Å². The van der Waals surface area contributed by atoms with Crippen molar-refractivity contribution >= 4 is 17.9 Å². The van der Waals surface area contributed by atoms with Crippen molar-refractivity contribution in [2.75, 3.05) is 32.1 Å². The molecule has 0 rings (SSSR count). The second kappa shape index (κ2) is 9.47. The van der Waals surface area contributed by atoms with Crippen molar-refractivity contribution in [1.82, 2.24) is 10.2 Å². The van der Waals surface area contributed by atoms with Gasteiger partial charge in [-0.2, -0.15) is 11.8 Å². The van der Waals surface area contributed by atoms with Gasteiger partial charge in [-0.05, 0) is 40.5 Å². The Bertz CT molecular complexity index is 282. The minimum absolute atomic E-state index is 0.125. The highest BCUT2D eigenvalue weighted by Gasteiger charge is 2.22. The number of nitrogens with zero attached hydrogens (tertiary/aromatic N) is 1. The van der Waals surface area contributed by atoms with Crippen molar-refractivity contribution in [3.63, 3.8) is 0 Å². The SMILES string of the molecule is CCC(CSC)N(C)C(CN)CNC(=O)OC(C)(C)C. The average Bonchev–Trinajstić information content (AvgIpc) is 2.34. The molecule has 120 valence electrons. The second-order valence-corrected chi connectivity index (χ2v) is 6.87. The summed E-state index contributed by atoms with van der Waals surface area (Å²) in [5.41, 5.74) is 5.36.